The number of piperidine rings is 1. The van der Waals surface area contributed by atoms with E-state index in [9.17, 15) is 4.79 Å². The molecule has 1 amide bonds. The van der Waals surface area contributed by atoms with Crippen molar-refractivity contribution >= 4 is 5.91 Å². The van der Waals surface area contributed by atoms with Crippen LogP contribution in [0.15, 0.2) is 47.0 Å². The maximum Gasteiger partial charge on any atom is 0.241 e. The summed E-state index contributed by atoms with van der Waals surface area (Å²) in [5.74, 6) is 2.55. The number of likely N-dealkylation sites (tertiary alicyclic amines) is 1. The molecule has 3 aromatic rings. The molecule has 2 atom stereocenters. The number of amides is 1. The lowest BCUT2D eigenvalue weighted by atomic mass is 9.96. The Kier molecular flexibility index (Phi) is 8.59. The van der Waals surface area contributed by atoms with Crippen LogP contribution in [0, 0.1) is 12.8 Å². The predicted molar refractivity (Wildman–Crippen MR) is 138 cm³/mol. The van der Waals surface area contributed by atoms with E-state index in [-0.39, 0.29) is 17.9 Å². The van der Waals surface area contributed by atoms with Crippen molar-refractivity contribution in [1.82, 2.24) is 20.4 Å². The maximum absolute atomic E-state index is 13.1. The normalized spacial score (nSPS) is 16.9. The average molecular weight is 493 g/mol. The third-order valence-electron chi connectivity index (χ3n) is 6.41. The lowest BCUT2D eigenvalue weighted by molar-refractivity contribution is -0.127. The lowest BCUT2D eigenvalue weighted by Gasteiger charge is -2.31. The van der Waals surface area contributed by atoms with E-state index in [1.165, 1.54) is 0 Å². The molecule has 1 fully saturated rings. The number of aromatic nitrogens is 2. The van der Waals surface area contributed by atoms with Crippen molar-refractivity contribution in [3.8, 4) is 22.9 Å². The highest BCUT2D eigenvalue weighted by Gasteiger charge is 2.28. The summed E-state index contributed by atoms with van der Waals surface area (Å²) in [6.45, 7) is 11.1. The number of nitrogens with zero attached hydrogens (tertiary/aromatic N) is 3. The van der Waals surface area contributed by atoms with Crippen LogP contribution in [0.25, 0.3) is 11.4 Å². The third kappa shape index (κ3) is 6.43. The highest BCUT2D eigenvalue weighted by molar-refractivity contribution is 5.79. The molecule has 4 rings (SSSR count). The van der Waals surface area contributed by atoms with Gasteiger partial charge in [-0.15, -0.1) is 0 Å². The Labute approximate surface area is 213 Å². The molecule has 0 spiro atoms. The summed E-state index contributed by atoms with van der Waals surface area (Å²) in [6.07, 6.45) is 1.81. The van der Waals surface area contributed by atoms with Crippen LogP contribution in [-0.4, -0.2) is 47.3 Å². The number of carbonyl (C=O) groups is 1. The molecule has 2 unspecified atom stereocenters. The number of carbonyl (C=O) groups excluding carboxylic acids is 1. The molecule has 1 N–H and O–H groups in total. The van der Waals surface area contributed by atoms with Crippen molar-refractivity contribution in [2.45, 2.75) is 53.1 Å². The van der Waals surface area contributed by atoms with Crippen molar-refractivity contribution < 1.29 is 18.8 Å². The Balaban J connectivity index is 1.35. The molecule has 0 radical (unpaired) electrons. The molecular weight excluding hydrogens is 456 g/mol. The smallest absolute Gasteiger partial charge is 0.241 e. The molecule has 0 saturated carbocycles. The number of aryl methyl sites for hydroxylation is 1. The van der Waals surface area contributed by atoms with Crippen molar-refractivity contribution in [2.24, 2.45) is 5.92 Å². The van der Waals surface area contributed by atoms with Gasteiger partial charge < -0.3 is 19.3 Å². The number of nitrogens with one attached hydrogen (secondary N) is 1. The number of rotatable bonds is 10. The third-order valence-corrected chi connectivity index (χ3v) is 6.41. The first-order chi connectivity index (χ1) is 17.5. The highest BCUT2D eigenvalue weighted by Crippen LogP contribution is 2.31. The van der Waals surface area contributed by atoms with Crippen molar-refractivity contribution in [1.29, 1.82) is 0 Å². The fourth-order valence-electron chi connectivity index (χ4n) is 4.58. The molecule has 36 heavy (non-hydrogen) atoms. The van der Waals surface area contributed by atoms with Crippen LogP contribution in [0.1, 0.15) is 56.7 Å². The van der Waals surface area contributed by atoms with E-state index >= 15 is 0 Å². The topological polar surface area (TPSA) is 89.7 Å². The fourth-order valence-corrected chi connectivity index (χ4v) is 4.58. The van der Waals surface area contributed by atoms with Gasteiger partial charge >= 0.3 is 0 Å². The molecule has 1 aliphatic heterocycles. The SMILES string of the molecule is CCOc1ccc(C(C)NC(=O)C2CCCN(Cc3nc(-c4cccc(C)c4)no3)C2)cc1OCC. The van der Waals surface area contributed by atoms with Gasteiger partial charge in [-0.05, 0) is 70.8 Å². The first-order valence-electron chi connectivity index (χ1n) is 12.8. The van der Waals surface area contributed by atoms with E-state index in [1.54, 1.807) is 0 Å². The van der Waals surface area contributed by atoms with E-state index < -0.39 is 0 Å². The number of hydrogen-bond acceptors (Lipinski definition) is 7. The highest BCUT2D eigenvalue weighted by atomic mass is 16.5. The molecule has 8 nitrogen and oxygen atoms in total. The summed E-state index contributed by atoms with van der Waals surface area (Å²) in [5.41, 5.74) is 3.08. The van der Waals surface area contributed by atoms with Crippen LogP contribution in [0.4, 0.5) is 0 Å². The Morgan fingerprint density at radius 1 is 1.17 bits per heavy atom. The van der Waals surface area contributed by atoms with Crippen molar-refractivity contribution in [3.05, 3.63) is 59.5 Å². The Bertz CT molecular complexity index is 1160. The summed E-state index contributed by atoms with van der Waals surface area (Å²) in [4.78, 5) is 19.9. The molecule has 8 heteroatoms. The van der Waals surface area contributed by atoms with Gasteiger partial charge in [-0.3, -0.25) is 9.69 Å². The first kappa shape index (κ1) is 25.7. The maximum atomic E-state index is 13.1. The van der Waals surface area contributed by atoms with Gasteiger partial charge in [-0.25, -0.2) is 0 Å². The molecule has 0 aliphatic carbocycles. The first-order valence-corrected chi connectivity index (χ1v) is 12.8. The number of hydrogen-bond donors (Lipinski definition) is 1. The van der Waals surface area contributed by atoms with E-state index in [4.69, 9.17) is 14.0 Å². The molecule has 1 saturated heterocycles. The van der Waals surface area contributed by atoms with Crippen LogP contribution < -0.4 is 14.8 Å². The Morgan fingerprint density at radius 3 is 2.75 bits per heavy atom. The van der Waals surface area contributed by atoms with Crippen LogP contribution >= 0.6 is 0 Å². The second kappa shape index (κ2) is 12.0. The van der Waals surface area contributed by atoms with E-state index in [2.05, 4.69) is 20.4 Å². The van der Waals surface area contributed by atoms with Crippen molar-refractivity contribution in [3.63, 3.8) is 0 Å². The monoisotopic (exact) mass is 492 g/mol. The Morgan fingerprint density at radius 2 is 1.97 bits per heavy atom. The standard InChI is InChI=1S/C28H36N4O4/c1-5-34-24-13-12-21(16-25(24)35-6-2)20(4)29-28(33)23-11-8-14-32(17-23)18-26-30-27(31-36-26)22-10-7-9-19(3)15-22/h7,9-10,12-13,15-16,20,23H,5-6,8,11,14,17-18H2,1-4H3,(H,29,33). The molecule has 2 heterocycles. The van der Waals surface area contributed by atoms with Gasteiger partial charge in [-0.1, -0.05) is 35.0 Å². The summed E-state index contributed by atoms with van der Waals surface area (Å²) >= 11 is 0. The zero-order valence-electron chi connectivity index (χ0n) is 21.6. The summed E-state index contributed by atoms with van der Waals surface area (Å²) in [5, 5.41) is 7.34. The molecule has 2 aromatic carbocycles. The lowest BCUT2D eigenvalue weighted by Crippen LogP contribution is -2.43. The number of ether oxygens (including phenoxy) is 2. The fraction of sp³-hybridized carbons (Fsp3) is 0.464. The van der Waals surface area contributed by atoms with Gasteiger partial charge in [-0.2, -0.15) is 4.98 Å². The van der Waals surface area contributed by atoms with E-state index in [1.807, 2.05) is 70.2 Å². The largest absolute Gasteiger partial charge is 0.490 e. The summed E-state index contributed by atoms with van der Waals surface area (Å²) in [7, 11) is 0. The second-order valence-corrected chi connectivity index (χ2v) is 9.26. The van der Waals surface area contributed by atoms with Crippen LogP contribution in [-0.2, 0) is 11.3 Å². The Hall–Kier alpha value is -3.39. The summed E-state index contributed by atoms with van der Waals surface area (Å²) in [6, 6.07) is 13.7. The van der Waals surface area contributed by atoms with Crippen LogP contribution in [0.5, 0.6) is 11.5 Å². The van der Waals surface area contributed by atoms with E-state index in [0.29, 0.717) is 43.8 Å². The average Bonchev–Trinajstić information content (AvgIpc) is 3.34. The van der Waals surface area contributed by atoms with Gasteiger partial charge in [0.2, 0.25) is 17.6 Å². The van der Waals surface area contributed by atoms with E-state index in [0.717, 1.165) is 41.8 Å². The summed E-state index contributed by atoms with van der Waals surface area (Å²) < 4.78 is 16.9. The molecule has 1 aliphatic rings. The zero-order chi connectivity index (χ0) is 25.5. The van der Waals surface area contributed by atoms with Gasteiger partial charge in [0.05, 0.1) is 31.7 Å². The molecule has 1 aromatic heterocycles. The van der Waals surface area contributed by atoms with Crippen molar-refractivity contribution in [2.75, 3.05) is 26.3 Å². The van der Waals surface area contributed by atoms with Gasteiger partial charge in [0.1, 0.15) is 0 Å². The van der Waals surface area contributed by atoms with Gasteiger partial charge in [0.15, 0.2) is 11.5 Å². The van der Waals surface area contributed by atoms with Gasteiger partial charge in [0, 0.05) is 12.1 Å². The quantitative estimate of drug-likeness (QED) is 0.429. The van der Waals surface area contributed by atoms with Crippen LogP contribution in [0.2, 0.25) is 0 Å². The second-order valence-electron chi connectivity index (χ2n) is 9.26. The minimum atomic E-state index is -0.143. The molecule has 0 bridgehead atoms. The minimum absolute atomic E-state index is 0.0602. The van der Waals surface area contributed by atoms with Crippen LogP contribution in [0.3, 0.4) is 0 Å². The molecular formula is C28H36N4O4. The number of benzene rings is 2. The zero-order valence-corrected chi connectivity index (χ0v) is 21.6. The minimum Gasteiger partial charge on any atom is -0.490 e. The van der Waals surface area contributed by atoms with Gasteiger partial charge in [0.25, 0.3) is 0 Å². The molecule has 192 valence electrons. The predicted octanol–water partition coefficient (Wildman–Crippen LogP) is 4.93.